The summed E-state index contributed by atoms with van der Waals surface area (Å²) < 4.78 is 1.03. The van der Waals surface area contributed by atoms with Crippen LogP contribution in [0.25, 0.3) is 10.2 Å². The average molecular weight is 309 g/mol. The van der Waals surface area contributed by atoms with Crippen LogP contribution in [0.3, 0.4) is 0 Å². The van der Waals surface area contributed by atoms with Gasteiger partial charge in [-0.25, -0.2) is 4.98 Å². The molecule has 22 heavy (non-hydrogen) atoms. The highest BCUT2D eigenvalue weighted by molar-refractivity contribution is 7.20. The van der Waals surface area contributed by atoms with E-state index in [4.69, 9.17) is 0 Å². The summed E-state index contributed by atoms with van der Waals surface area (Å²) >= 11 is 1.42. The number of rotatable bonds is 4. The number of pyridine rings is 1. The maximum Gasteiger partial charge on any atom is 0.280 e. The molecule has 0 aliphatic heterocycles. The van der Waals surface area contributed by atoms with E-state index in [1.807, 2.05) is 36.7 Å². The van der Waals surface area contributed by atoms with Crippen LogP contribution < -0.4 is 5.32 Å². The van der Waals surface area contributed by atoms with Gasteiger partial charge in [-0.3, -0.25) is 9.78 Å². The van der Waals surface area contributed by atoms with E-state index in [1.165, 1.54) is 29.7 Å². The zero-order valence-corrected chi connectivity index (χ0v) is 12.8. The van der Waals surface area contributed by atoms with Crippen molar-refractivity contribution in [1.82, 2.24) is 15.3 Å². The quantitative estimate of drug-likeness (QED) is 0.802. The van der Waals surface area contributed by atoms with Crippen molar-refractivity contribution < 1.29 is 4.79 Å². The molecule has 0 bridgehead atoms. The molecule has 2 heterocycles. The van der Waals surface area contributed by atoms with Gasteiger partial charge in [0, 0.05) is 18.9 Å². The number of hydrogen-bond acceptors (Lipinski definition) is 4. The van der Waals surface area contributed by atoms with Crippen LogP contribution in [0.1, 0.15) is 39.7 Å². The minimum Gasteiger partial charge on any atom is -0.346 e. The Morgan fingerprint density at radius 1 is 1.27 bits per heavy atom. The van der Waals surface area contributed by atoms with Crippen molar-refractivity contribution >= 4 is 27.5 Å². The van der Waals surface area contributed by atoms with Crippen LogP contribution in [-0.2, 0) is 6.54 Å². The third kappa shape index (κ3) is 2.72. The molecule has 1 aromatic carbocycles. The molecule has 2 aromatic heterocycles. The lowest BCUT2D eigenvalue weighted by Crippen LogP contribution is -2.22. The first-order valence-corrected chi connectivity index (χ1v) is 8.19. The molecule has 4 rings (SSSR count). The highest BCUT2D eigenvalue weighted by Gasteiger charge is 2.23. The van der Waals surface area contributed by atoms with E-state index in [-0.39, 0.29) is 5.91 Å². The first kappa shape index (κ1) is 13.4. The van der Waals surface area contributed by atoms with Gasteiger partial charge in [-0.2, -0.15) is 0 Å². The number of para-hydroxylation sites is 1. The van der Waals surface area contributed by atoms with Gasteiger partial charge in [-0.1, -0.05) is 18.2 Å². The highest BCUT2D eigenvalue weighted by atomic mass is 32.1. The first-order valence-electron chi connectivity index (χ1n) is 7.37. The fourth-order valence-corrected chi connectivity index (χ4v) is 3.35. The SMILES string of the molecule is O=C(NCc1cncc(C2CC2)c1)c1nc2ccccc2s1. The molecule has 1 saturated carbocycles. The van der Waals surface area contributed by atoms with Crippen molar-refractivity contribution in [3.63, 3.8) is 0 Å². The van der Waals surface area contributed by atoms with Crippen LogP contribution in [0.15, 0.2) is 42.7 Å². The predicted octanol–water partition coefficient (Wildman–Crippen LogP) is 3.50. The van der Waals surface area contributed by atoms with E-state index in [2.05, 4.69) is 21.4 Å². The Morgan fingerprint density at radius 2 is 2.14 bits per heavy atom. The molecule has 0 unspecified atom stereocenters. The van der Waals surface area contributed by atoms with Crippen LogP contribution in [0.2, 0.25) is 0 Å². The standard InChI is InChI=1S/C17H15N3OS/c21-16(17-20-14-3-1-2-4-15(14)22-17)19-9-11-7-13(10-18-8-11)12-5-6-12/h1-4,7-8,10,12H,5-6,9H2,(H,19,21). The molecule has 1 fully saturated rings. The van der Waals surface area contributed by atoms with Gasteiger partial charge in [-0.15, -0.1) is 11.3 Å². The lowest BCUT2D eigenvalue weighted by atomic mass is 10.1. The van der Waals surface area contributed by atoms with Gasteiger partial charge in [0.1, 0.15) is 0 Å². The largest absolute Gasteiger partial charge is 0.346 e. The predicted molar refractivity (Wildman–Crippen MR) is 87.0 cm³/mol. The van der Waals surface area contributed by atoms with Crippen molar-refractivity contribution in [2.45, 2.75) is 25.3 Å². The van der Waals surface area contributed by atoms with Gasteiger partial charge in [0.25, 0.3) is 5.91 Å². The molecular formula is C17H15N3OS. The summed E-state index contributed by atoms with van der Waals surface area (Å²) in [5, 5.41) is 3.44. The number of aromatic nitrogens is 2. The van der Waals surface area contributed by atoms with E-state index in [1.54, 1.807) is 0 Å². The number of amides is 1. The number of hydrogen-bond donors (Lipinski definition) is 1. The summed E-state index contributed by atoms with van der Waals surface area (Å²) in [6, 6.07) is 9.93. The number of benzene rings is 1. The number of thiazole rings is 1. The van der Waals surface area contributed by atoms with Crippen molar-refractivity contribution in [2.75, 3.05) is 0 Å². The van der Waals surface area contributed by atoms with Gasteiger partial charge >= 0.3 is 0 Å². The Labute approximate surface area is 132 Å². The molecule has 0 saturated heterocycles. The van der Waals surface area contributed by atoms with Crippen LogP contribution in [0.4, 0.5) is 0 Å². The fourth-order valence-electron chi connectivity index (χ4n) is 2.47. The second kappa shape index (κ2) is 5.50. The zero-order valence-electron chi connectivity index (χ0n) is 12.0. The number of nitrogens with zero attached hydrogens (tertiary/aromatic N) is 2. The topological polar surface area (TPSA) is 54.9 Å². The van der Waals surface area contributed by atoms with Crippen LogP contribution in [0.5, 0.6) is 0 Å². The molecule has 110 valence electrons. The van der Waals surface area contributed by atoms with Gasteiger partial charge in [-0.05, 0) is 42.0 Å². The Bertz CT molecular complexity index is 806. The van der Waals surface area contributed by atoms with E-state index >= 15 is 0 Å². The minimum absolute atomic E-state index is 0.127. The lowest BCUT2D eigenvalue weighted by molar-refractivity contribution is 0.0950. The fraction of sp³-hybridized carbons (Fsp3) is 0.235. The Morgan fingerprint density at radius 3 is 2.95 bits per heavy atom. The van der Waals surface area contributed by atoms with E-state index in [0.717, 1.165) is 15.8 Å². The molecule has 1 N–H and O–H groups in total. The molecule has 0 radical (unpaired) electrons. The van der Waals surface area contributed by atoms with Crippen molar-refractivity contribution in [1.29, 1.82) is 0 Å². The van der Waals surface area contributed by atoms with Gasteiger partial charge in [0.15, 0.2) is 5.01 Å². The molecule has 0 spiro atoms. The number of fused-ring (bicyclic) bond motifs is 1. The molecule has 4 nitrogen and oxygen atoms in total. The second-order valence-corrected chi connectivity index (χ2v) is 6.60. The van der Waals surface area contributed by atoms with Gasteiger partial charge in [0.2, 0.25) is 0 Å². The lowest BCUT2D eigenvalue weighted by Gasteiger charge is -2.05. The summed E-state index contributed by atoms with van der Waals surface area (Å²) in [5.41, 5.74) is 3.20. The smallest absolute Gasteiger partial charge is 0.280 e. The van der Waals surface area contributed by atoms with E-state index < -0.39 is 0 Å². The third-order valence-corrected chi connectivity index (χ3v) is 4.84. The summed E-state index contributed by atoms with van der Waals surface area (Å²) in [4.78, 5) is 20.9. The summed E-state index contributed by atoms with van der Waals surface area (Å²) in [5.74, 6) is 0.547. The molecule has 1 aliphatic rings. The normalized spacial score (nSPS) is 14.2. The third-order valence-electron chi connectivity index (χ3n) is 3.81. The maximum atomic E-state index is 12.2. The monoisotopic (exact) mass is 309 g/mol. The number of carbonyl (C=O) groups is 1. The van der Waals surface area contributed by atoms with Crippen molar-refractivity contribution in [3.8, 4) is 0 Å². The summed E-state index contributed by atoms with van der Waals surface area (Å²) in [7, 11) is 0. The zero-order chi connectivity index (χ0) is 14.9. The van der Waals surface area contributed by atoms with Crippen molar-refractivity contribution in [2.24, 2.45) is 0 Å². The Balaban J connectivity index is 1.46. The van der Waals surface area contributed by atoms with Gasteiger partial charge < -0.3 is 5.32 Å². The molecule has 1 aliphatic carbocycles. The first-order chi connectivity index (χ1) is 10.8. The van der Waals surface area contributed by atoms with E-state index in [0.29, 0.717) is 17.5 Å². The molecule has 1 amide bonds. The van der Waals surface area contributed by atoms with Crippen LogP contribution in [0, 0.1) is 0 Å². The minimum atomic E-state index is -0.127. The second-order valence-electron chi connectivity index (χ2n) is 5.57. The number of nitrogens with one attached hydrogen (secondary N) is 1. The highest BCUT2D eigenvalue weighted by Crippen LogP contribution is 2.39. The van der Waals surface area contributed by atoms with Crippen molar-refractivity contribution in [3.05, 3.63) is 58.9 Å². The molecule has 5 heteroatoms. The molecule has 0 atom stereocenters. The molecule has 3 aromatic rings. The summed E-state index contributed by atoms with van der Waals surface area (Å²) in [6.07, 6.45) is 6.24. The van der Waals surface area contributed by atoms with Gasteiger partial charge in [0.05, 0.1) is 10.2 Å². The Kier molecular flexibility index (Phi) is 3.35. The molecular weight excluding hydrogens is 294 g/mol. The summed E-state index contributed by atoms with van der Waals surface area (Å²) in [6.45, 7) is 0.488. The van der Waals surface area contributed by atoms with Crippen LogP contribution in [-0.4, -0.2) is 15.9 Å². The van der Waals surface area contributed by atoms with Crippen LogP contribution >= 0.6 is 11.3 Å². The van der Waals surface area contributed by atoms with E-state index in [9.17, 15) is 4.79 Å². The average Bonchev–Trinajstić information content (AvgIpc) is 3.31. The number of carbonyl (C=O) groups excluding carboxylic acids is 1. The maximum absolute atomic E-state index is 12.2. The Hall–Kier alpha value is -2.27.